The average molecular weight is 373 g/mol. The van der Waals surface area contributed by atoms with E-state index >= 15 is 0 Å². The molecule has 1 aromatic heterocycles. The molecule has 0 spiro atoms. The summed E-state index contributed by atoms with van der Waals surface area (Å²) in [6.45, 7) is 3.66. The first-order valence-electron chi connectivity index (χ1n) is 6.49. The van der Waals surface area contributed by atoms with E-state index in [-0.39, 0.29) is 11.4 Å². The van der Waals surface area contributed by atoms with Crippen LogP contribution in [-0.2, 0) is 23.1 Å². The van der Waals surface area contributed by atoms with Gasteiger partial charge in [-0.1, -0.05) is 13.0 Å². The number of hydrogen-bond donors (Lipinski definition) is 3. The molecule has 8 heteroatoms. The minimum absolute atomic E-state index is 0.197. The van der Waals surface area contributed by atoms with Crippen molar-refractivity contribution in [3.8, 4) is 0 Å². The highest BCUT2D eigenvalue weighted by Gasteiger charge is 2.18. The Morgan fingerprint density at radius 3 is 2.76 bits per heavy atom. The number of hydrogen-bond acceptors (Lipinski definition) is 4. The molecule has 0 saturated carbocycles. The summed E-state index contributed by atoms with van der Waals surface area (Å²) >= 11 is 3.30. The molecule has 0 aliphatic heterocycles. The van der Waals surface area contributed by atoms with Crippen LogP contribution in [0.1, 0.15) is 18.1 Å². The van der Waals surface area contributed by atoms with Crippen molar-refractivity contribution in [2.45, 2.75) is 24.9 Å². The average Bonchev–Trinajstić information content (AvgIpc) is 2.97. The first-order valence-corrected chi connectivity index (χ1v) is 8.77. The SMILES string of the molecule is CCNCc1ccc(Br)c(S(=O)(=O)NCc2cn[nH]c2)c1. The van der Waals surface area contributed by atoms with Crippen molar-refractivity contribution < 1.29 is 8.42 Å². The summed E-state index contributed by atoms with van der Waals surface area (Å²) < 4.78 is 27.9. The third-order valence-corrected chi connectivity index (χ3v) is 5.28. The van der Waals surface area contributed by atoms with Crippen LogP contribution < -0.4 is 10.0 Å². The van der Waals surface area contributed by atoms with Gasteiger partial charge in [-0.05, 0) is 40.2 Å². The molecule has 0 aliphatic carbocycles. The fourth-order valence-corrected chi connectivity index (χ4v) is 3.79. The van der Waals surface area contributed by atoms with Crippen LogP contribution in [0.5, 0.6) is 0 Å². The van der Waals surface area contributed by atoms with Crippen molar-refractivity contribution in [3.05, 3.63) is 46.2 Å². The van der Waals surface area contributed by atoms with Crippen molar-refractivity contribution in [1.82, 2.24) is 20.2 Å². The number of H-pyrrole nitrogens is 1. The van der Waals surface area contributed by atoms with Crippen LogP contribution in [0.4, 0.5) is 0 Å². The zero-order valence-corrected chi connectivity index (χ0v) is 14.0. The van der Waals surface area contributed by atoms with Gasteiger partial charge in [0.05, 0.1) is 11.1 Å². The van der Waals surface area contributed by atoms with Gasteiger partial charge < -0.3 is 5.32 Å². The summed E-state index contributed by atoms with van der Waals surface area (Å²) in [4.78, 5) is 0.237. The summed E-state index contributed by atoms with van der Waals surface area (Å²) in [5.74, 6) is 0. The van der Waals surface area contributed by atoms with Gasteiger partial charge in [-0.2, -0.15) is 5.10 Å². The van der Waals surface area contributed by atoms with E-state index in [0.29, 0.717) is 11.0 Å². The molecule has 0 saturated heterocycles. The lowest BCUT2D eigenvalue weighted by molar-refractivity contribution is 0.580. The molecule has 0 amide bonds. The Balaban J connectivity index is 2.17. The van der Waals surface area contributed by atoms with Gasteiger partial charge >= 0.3 is 0 Å². The van der Waals surface area contributed by atoms with E-state index < -0.39 is 10.0 Å². The van der Waals surface area contributed by atoms with Crippen LogP contribution in [0.2, 0.25) is 0 Å². The Morgan fingerprint density at radius 1 is 1.29 bits per heavy atom. The molecule has 2 aromatic rings. The van der Waals surface area contributed by atoms with Crippen LogP contribution in [-0.4, -0.2) is 25.2 Å². The molecule has 0 radical (unpaired) electrons. The van der Waals surface area contributed by atoms with Gasteiger partial charge in [-0.3, -0.25) is 5.10 Å². The summed E-state index contributed by atoms with van der Waals surface area (Å²) in [7, 11) is -3.58. The minimum atomic E-state index is -3.58. The normalized spacial score (nSPS) is 11.7. The Labute approximate surface area is 132 Å². The number of halogens is 1. The molecule has 0 bridgehead atoms. The third-order valence-electron chi connectivity index (χ3n) is 2.89. The molecule has 0 unspecified atom stereocenters. The van der Waals surface area contributed by atoms with E-state index in [1.165, 1.54) is 0 Å². The van der Waals surface area contributed by atoms with Crippen molar-refractivity contribution in [1.29, 1.82) is 0 Å². The number of nitrogens with one attached hydrogen (secondary N) is 3. The molecule has 114 valence electrons. The first kappa shape index (κ1) is 16.2. The van der Waals surface area contributed by atoms with Gasteiger partial charge in [-0.25, -0.2) is 13.1 Å². The van der Waals surface area contributed by atoms with Crippen LogP contribution in [0, 0.1) is 0 Å². The van der Waals surface area contributed by atoms with Crippen LogP contribution in [0.25, 0.3) is 0 Å². The van der Waals surface area contributed by atoms with E-state index in [1.54, 1.807) is 24.5 Å². The monoisotopic (exact) mass is 372 g/mol. The van der Waals surface area contributed by atoms with Crippen LogP contribution in [0.15, 0.2) is 40.0 Å². The van der Waals surface area contributed by atoms with E-state index in [9.17, 15) is 8.42 Å². The maximum absolute atomic E-state index is 12.4. The fraction of sp³-hybridized carbons (Fsp3) is 0.308. The molecule has 1 heterocycles. The molecule has 2 rings (SSSR count). The highest BCUT2D eigenvalue weighted by molar-refractivity contribution is 9.10. The number of sulfonamides is 1. The summed E-state index contributed by atoms with van der Waals surface area (Å²) in [5, 5.41) is 9.60. The van der Waals surface area contributed by atoms with Crippen molar-refractivity contribution in [2.24, 2.45) is 0 Å². The molecular formula is C13H17BrN4O2S. The van der Waals surface area contributed by atoms with Gasteiger partial charge in [0.2, 0.25) is 10.0 Å². The number of rotatable bonds is 7. The predicted octanol–water partition coefficient (Wildman–Crippen LogP) is 1.76. The fourth-order valence-electron chi connectivity index (χ4n) is 1.76. The Hall–Kier alpha value is -1.22. The predicted molar refractivity (Wildman–Crippen MR) is 84.1 cm³/mol. The van der Waals surface area contributed by atoms with Gasteiger partial charge in [0.25, 0.3) is 0 Å². The lowest BCUT2D eigenvalue weighted by Gasteiger charge is -2.10. The molecule has 0 fully saturated rings. The standard InChI is InChI=1S/C13H17BrN4O2S/c1-2-15-6-10-3-4-12(14)13(5-10)21(19,20)18-9-11-7-16-17-8-11/h3-5,7-8,15,18H,2,6,9H2,1H3,(H,16,17). The minimum Gasteiger partial charge on any atom is -0.313 e. The zero-order valence-electron chi connectivity index (χ0n) is 11.6. The molecular weight excluding hydrogens is 356 g/mol. The maximum atomic E-state index is 12.4. The molecule has 0 atom stereocenters. The Bertz CT molecular complexity index is 686. The van der Waals surface area contributed by atoms with Crippen LogP contribution >= 0.6 is 15.9 Å². The zero-order chi connectivity index (χ0) is 15.3. The van der Waals surface area contributed by atoms with Crippen LogP contribution in [0.3, 0.4) is 0 Å². The van der Waals surface area contributed by atoms with Crippen molar-refractivity contribution >= 4 is 26.0 Å². The lowest BCUT2D eigenvalue weighted by atomic mass is 10.2. The Kier molecular flexibility index (Phi) is 5.51. The lowest BCUT2D eigenvalue weighted by Crippen LogP contribution is -2.24. The van der Waals surface area contributed by atoms with E-state index in [1.807, 2.05) is 13.0 Å². The summed E-state index contributed by atoms with van der Waals surface area (Å²) in [6.07, 6.45) is 3.23. The number of benzene rings is 1. The molecule has 21 heavy (non-hydrogen) atoms. The quantitative estimate of drug-likeness (QED) is 0.690. The highest BCUT2D eigenvalue weighted by Crippen LogP contribution is 2.23. The molecule has 6 nitrogen and oxygen atoms in total. The van der Waals surface area contributed by atoms with E-state index in [2.05, 4.69) is 36.2 Å². The third kappa shape index (κ3) is 4.37. The largest absolute Gasteiger partial charge is 0.313 e. The second kappa shape index (κ2) is 7.17. The van der Waals surface area contributed by atoms with E-state index in [4.69, 9.17) is 0 Å². The first-order chi connectivity index (χ1) is 10.0. The number of nitrogens with zero attached hydrogens (tertiary/aromatic N) is 1. The number of aromatic amines is 1. The molecule has 0 aliphatic rings. The van der Waals surface area contributed by atoms with Crippen molar-refractivity contribution in [3.63, 3.8) is 0 Å². The molecule has 3 N–H and O–H groups in total. The van der Waals surface area contributed by atoms with Gasteiger partial charge in [0.1, 0.15) is 0 Å². The second-order valence-electron chi connectivity index (χ2n) is 4.48. The summed E-state index contributed by atoms with van der Waals surface area (Å²) in [6, 6.07) is 5.31. The smallest absolute Gasteiger partial charge is 0.242 e. The topological polar surface area (TPSA) is 86.9 Å². The summed E-state index contributed by atoms with van der Waals surface area (Å²) in [5.41, 5.74) is 1.70. The second-order valence-corrected chi connectivity index (χ2v) is 7.07. The van der Waals surface area contributed by atoms with Gasteiger partial charge in [-0.15, -0.1) is 0 Å². The maximum Gasteiger partial charge on any atom is 0.242 e. The number of aromatic nitrogens is 2. The van der Waals surface area contributed by atoms with Gasteiger partial charge in [0.15, 0.2) is 0 Å². The van der Waals surface area contributed by atoms with Gasteiger partial charge in [0, 0.05) is 29.3 Å². The molecule has 1 aromatic carbocycles. The van der Waals surface area contributed by atoms with Crippen molar-refractivity contribution in [2.75, 3.05) is 6.54 Å². The Morgan fingerprint density at radius 2 is 2.10 bits per heavy atom. The highest BCUT2D eigenvalue weighted by atomic mass is 79.9. The van der Waals surface area contributed by atoms with E-state index in [0.717, 1.165) is 17.7 Å².